The molecule has 3 rings (SSSR count). The fourth-order valence-electron chi connectivity index (χ4n) is 2.80. The summed E-state index contributed by atoms with van der Waals surface area (Å²) in [5.41, 5.74) is 4.86. The molecular weight excluding hydrogens is 495 g/mol. The molecule has 0 radical (unpaired) electrons. The minimum atomic E-state index is -0.978. The van der Waals surface area contributed by atoms with E-state index in [-0.39, 0.29) is 6.61 Å². The van der Waals surface area contributed by atoms with E-state index in [0.29, 0.717) is 5.75 Å². The van der Waals surface area contributed by atoms with Crippen molar-refractivity contribution in [1.82, 2.24) is 0 Å². The number of halogens is 1. The quantitative estimate of drug-likeness (QED) is 0.283. The first kappa shape index (κ1) is 21.5. The molecule has 0 bridgehead atoms. The molecule has 3 aromatic carbocycles. The van der Waals surface area contributed by atoms with E-state index in [4.69, 9.17) is 9.84 Å². The van der Waals surface area contributed by atoms with Gasteiger partial charge in [0.1, 0.15) is 5.75 Å². The largest absolute Gasteiger partial charge is 0.481 e. The minimum Gasteiger partial charge on any atom is -0.481 e. The Morgan fingerprint density at radius 2 is 1.72 bits per heavy atom. The summed E-state index contributed by atoms with van der Waals surface area (Å²) >= 11 is 3.91. The average molecular weight is 516 g/mol. The van der Waals surface area contributed by atoms with Crippen LogP contribution in [-0.2, 0) is 4.79 Å². The zero-order valence-electron chi connectivity index (χ0n) is 16.0. The SMILES string of the molecule is Cc1ccc(/C(=C\CSc2ccc(OCC(=O)O)c(I)c2)c2ccccc2)cc1. The molecule has 0 spiro atoms. The maximum absolute atomic E-state index is 10.7. The molecule has 0 aliphatic heterocycles. The predicted octanol–water partition coefficient (Wildman–Crippen LogP) is 6.29. The van der Waals surface area contributed by atoms with E-state index in [1.54, 1.807) is 11.8 Å². The zero-order chi connectivity index (χ0) is 20.6. The summed E-state index contributed by atoms with van der Waals surface area (Å²) in [6.45, 7) is 1.76. The lowest BCUT2D eigenvalue weighted by atomic mass is 9.97. The highest BCUT2D eigenvalue weighted by Crippen LogP contribution is 2.29. The van der Waals surface area contributed by atoms with Crippen LogP contribution in [0.4, 0.5) is 0 Å². The third-order valence-electron chi connectivity index (χ3n) is 4.24. The standard InChI is InChI=1S/C24H21IO3S/c1-17-7-9-19(10-8-17)21(18-5-3-2-4-6-18)13-14-29-20-11-12-23(22(25)15-20)28-16-24(26)27/h2-13,15H,14,16H2,1H3,(H,26,27)/b21-13-. The Labute approximate surface area is 188 Å². The Morgan fingerprint density at radius 1 is 1.03 bits per heavy atom. The number of aryl methyl sites for hydroxylation is 1. The van der Waals surface area contributed by atoms with Crippen LogP contribution in [0.25, 0.3) is 5.57 Å². The molecular formula is C24H21IO3S. The van der Waals surface area contributed by atoms with Crippen molar-refractivity contribution in [2.75, 3.05) is 12.4 Å². The molecule has 3 aromatic rings. The zero-order valence-corrected chi connectivity index (χ0v) is 18.9. The van der Waals surface area contributed by atoms with Crippen LogP contribution in [0.2, 0.25) is 0 Å². The Morgan fingerprint density at radius 3 is 2.38 bits per heavy atom. The number of rotatable bonds is 8. The van der Waals surface area contributed by atoms with Crippen LogP contribution in [0.1, 0.15) is 16.7 Å². The number of aliphatic carboxylic acids is 1. The highest BCUT2D eigenvalue weighted by Gasteiger charge is 2.07. The first-order valence-electron chi connectivity index (χ1n) is 9.12. The Balaban J connectivity index is 1.75. The summed E-state index contributed by atoms with van der Waals surface area (Å²) in [6, 6.07) is 24.8. The fraction of sp³-hybridized carbons (Fsp3) is 0.125. The van der Waals surface area contributed by atoms with E-state index in [1.807, 2.05) is 24.3 Å². The smallest absolute Gasteiger partial charge is 0.341 e. The monoisotopic (exact) mass is 516 g/mol. The maximum atomic E-state index is 10.7. The molecule has 5 heteroatoms. The summed E-state index contributed by atoms with van der Waals surface area (Å²) < 4.78 is 6.20. The molecule has 1 N–H and O–H groups in total. The van der Waals surface area contributed by atoms with E-state index >= 15 is 0 Å². The van der Waals surface area contributed by atoms with Gasteiger partial charge in [-0.25, -0.2) is 4.79 Å². The van der Waals surface area contributed by atoms with Gasteiger partial charge in [-0.2, -0.15) is 0 Å². The van der Waals surface area contributed by atoms with Gasteiger partial charge in [-0.3, -0.25) is 0 Å². The van der Waals surface area contributed by atoms with Gasteiger partial charge in [0.15, 0.2) is 6.61 Å². The van der Waals surface area contributed by atoms with Crippen LogP contribution >= 0.6 is 34.4 Å². The van der Waals surface area contributed by atoms with Gasteiger partial charge >= 0.3 is 5.97 Å². The number of carbonyl (C=O) groups is 1. The molecule has 0 aliphatic carbocycles. The lowest BCUT2D eigenvalue weighted by molar-refractivity contribution is -0.139. The van der Waals surface area contributed by atoms with Crippen molar-refractivity contribution < 1.29 is 14.6 Å². The predicted molar refractivity (Wildman–Crippen MR) is 128 cm³/mol. The Kier molecular flexibility index (Phi) is 7.77. The van der Waals surface area contributed by atoms with Crippen LogP contribution < -0.4 is 4.74 Å². The molecule has 0 heterocycles. The van der Waals surface area contributed by atoms with Gasteiger partial charge < -0.3 is 9.84 Å². The molecule has 0 aliphatic rings. The third kappa shape index (κ3) is 6.37. The van der Waals surface area contributed by atoms with Gasteiger partial charge in [-0.15, -0.1) is 11.8 Å². The summed E-state index contributed by atoms with van der Waals surface area (Å²) in [6.07, 6.45) is 2.26. The van der Waals surface area contributed by atoms with Gasteiger partial charge in [-0.05, 0) is 64.4 Å². The molecule has 0 fully saturated rings. The number of thioether (sulfide) groups is 1. The molecule has 0 atom stereocenters. The normalized spacial score (nSPS) is 11.3. The fourth-order valence-corrected chi connectivity index (χ4v) is 4.49. The second-order valence-electron chi connectivity index (χ2n) is 6.44. The van der Waals surface area contributed by atoms with E-state index in [0.717, 1.165) is 14.2 Å². The van der Waals surface area contributed by atoms with Crippen molar-refractivity contribution in [3.05, 3.63) is 99.1 Å². The van der Waals surface area contributed by atoms with E-state index < -0.39 is 5.97 Å². The summed E-state index contributed by atoms with van der Waals surface area (Å²) in [7, 11) is 0. The van der Waals surface area contributed by atoms with Crippen LogP contribution in [0.3, 0.4) is 0 Å². The molecule has 0 aromatic heterocycles. The summed E-state index contributed by atoms with van der Waals surface area (Å²) in [4.78, 5) is 11.8. The third-order valence-corrected chi connectivity index (χ3v) is 6.00. The topological polar surface area (TPSA) is 46.5 Å². The van der Waals surface area contributed by atoms with Gasteiger partial charge in [0.25, 0.3) is 0 Å². The highest BCUT2D eigenvalue weighted by molar-refractivity contribution is 14.1. The van der Waals surface area contributed by atoms with Crippen molar-refractivity contribution in [3.8, 4) is 5.75 Å². The van der Waals surface area contributed by atoms with Crippen molar-refractivity contribution in [1.29, 1.82) is 0 Å². The van der Waals surface area contributed by atoms with E-state index in [2.05, 4.69) is 84.1 Å². The number of hydrogen-bond donors (Lipinski definition) is 1. The van der Waals surface area contributed by atoms with Crippen LogP contribution in [0.15, 0.2) is 83.8 Å². The summed E-state index contributed by atoms with van der Waals surface area (Å²) in [5, 5.41) is 8.75. The lowest BCUT2D eigenvalue weighted by Crippen LogP contribution is -2.10. The van der Waals surface area contributed by atoms with Crippen molar-refractivity contribution in [2.45, 2.75) is 11.8 Å². The number of benzene rings is 3. The van der Waals surface area contributed by atoms with Crippen LogP contribution in [0, 0.1) is 10.5 Å². The maximum Gasteiger partial charge on any atom is 0.341 e. The molecule has 0 unspecified atom stereocenters. The first-order valence-corrected chi connectivity index (χ1v) is 11.2. The number of carboxylic acid groups (broad SMARTS) is 1. The molecule has 3 nitrogen and oxygen atoms in total. The van der Waals surface area contributed by atoms with Crippen molar-refractivity contribution in [3.63, 3.8) is 0 Å². The Hall–Kier alpha value is -2.25. The molecule has 0 saturated carbocycles. The lowest BCUT2D eigenvalue weighted by Gasteiger charge is -2.10. The highest BCUT2D eigenvalue weighted by atomic mass is 127. The number of carboxylic acids is 1. The van der Waals surface area contributed by atoms with E-state index in [9.17, 15) is 4.79 Å². The first-order chi connectivity index (χ1) is 14.0. The van der Waals surface area contributed by atoms with Gasteiger partial charge in [0.05, 0.1) is 3.57 Å². The van der Waals surface area contributed by atoms with Crippen molar-refractivity contribution >= 4 is 45.9 Å². The molecule has 29 heavy (non-hydrogen) atoms. The van der Waals surface area contributed by atoms with Gasteiger partial charge in [0.2, 0.25) is 0 Å². The van der Waals surface area contributed by atoms with Crippen LogP contribution in [0.5, 0.6) is 5.75 Å². The second kappa shape index (κ2) is 10.5. The average Bonchev–Trinajstić information content (AvgIpc) is 2.72. The summed E-state index contributed by atoms with van der Waals surface area (Å²) in [5.74, 6) is 0.440. The number of hydrogen-bond acceptors (Lipinski definition) is 3. The van der Waals surface area contributed by atoms with E-state index in [1.165, 1.54) is 22.3 Å². The van der Waals surface area contributed by atoms with Crippen LogP contribution in [-0.4, -0.2) is 23.4 Å². The van der Waals surface area contributed by atoms with Gasteiger partial charge in [-0.1, -0.05) is 66.2 Å². The second-order valence-corrected chi connectivity index (χ2v) is 8.69. The molecule has 0 saturated heterocycles. The Bertz CT molecular complexity index is 998. The number of ether oxygens (including phenoxy) is 1. The van der Waals surface area contributed by atoms with Gasteiger partial charge in [0, 0.05) is 10.6 Å². The molecule has 148 valence electrons. The minimum absolute atomic E-state index is 0.331. The molecule has 0 amide bonds. The van der Waals surface area contributed by atoms with Crippen molar-refractivity contribution in [2.24, 2.45) is 0 Å².